The van der Waals surface area contributed by atoms with Crippen molar-refractivity contribution in [2.24, 2.45) is 0 Å². The van der Waals surface area contributed by atoms with Gasteiger partial charge in [-0.15, -0.1) is 0 Å². The lowest BCUT2D eigenvalue weighted by molar-refractivity contribution is 0.195. The van der Waals surface area contributed by atoms with E-state index in [0.29, 0.717) is 6.04 Å². The summed E-state index contributed by atoms with van der Waals surface area (Å²) >= 11 is 0. The molecule has 17 heavy (non-hydrogen) atoms. The zero-order valence-corrected chi connectivity index (χ0v) is 9.41. The lowest BCUT2D eigenvalue weighted by Crippen LogP contribution is -2.20. The van der Waals surface area contributed by atoms with Crippen molar-refractivity contribution in [2.75, 3.05) is 18.5 Å². The molecule has 0 saturated carbocycles. The van der Waals surface area contributed by atoms with Crippen LogP contribution in [0.25, 0.3) is 5.69 Å². The number of nitrogens with zero attached hydrogens (tertiary/aromatic N) is 3. The van der Waals surface area contributed by atoms with Crippen LogP contribution in [0, 0.1) is 0 Å². The van der Waals surface area contributed by atoms with Gasteiger partial charge in [0.1, 0.15) is 12.7 Å². The van der Waals surface area contributed by atoms with E-state index >= 15 is 0 Å². The van der Waals surface area contributed by atoms with Gasteiger partial charge < -0.3 is 10.1 Å². The molecule has 1 aromatic heterocycles. The van der Waals surface area contributed by atoms with Gasteiger partial charge in [-0.3, -0.25) is 0 Å². The molecule has 2 aromatic rings. The summed E-state index contributed by atoms with van der Waals surface area (Å²) in [6, 6.07) is 8.47. The number of rotatable bonds is 3. The third-order valence-electron chi connectivity index (χ3n) is 2.86. The molecule has 3 rings (SSSR count). The van der Waals surface area contributed by atoms with Gasteiger partial charge in [-0.25, -0.2) is 9.67 Å². The quantitative estimate of drug-likeness (QED) is 0.867. The topological polar surface area (TPSA) is 52.0 Å². The molecule has 0 aliphatic carbocycles. The van der Waals surface area contributed by atoms with Gasteiger partial charge in [0.25, 0.3) is 0 Å². The van der Waals surface area contributed by atoms with Gasteiger partial charge in [0, 0.05) is 6.61 Å². The first-order valence-electron chi connectivity index (χ1n) is 5.72. The molecule has 5 nitrogen and oxygen atoms in total. The van der Waals surface area contributed by atoms with E-state index in [1.807, 2.05) is 18.2 Å². The van der Waals surface area contributed by atoms with Gasteiger partial charge in [0.05, 0.1) is 24.0 Å². The third kappa shape index (κ3) is 2.14. The lowest BCUT2D eigenvalue weighted by atomic mass is 10.2. The molecule has 0 radical (unpaired) electrons. The Labute approximate surface area is 99.4 Å². The van der Waals surface area contributed by atoms with Crippen LogP contribution in [0.3, 0.4) is 0 Å². The van der Waals surface area contributed by atoms with Gasteiger partial charge in [0.15, 0.2) is 0 Å². The Hall–Kier alpha value is -1.88. The van der Waals surface area contributed by atoms with Crippen LogP contribution < -0.4 is 5.32 Å². The average molecular weight is 230 g/mol. The Morgan fingerprint density at radius 1 is 1.35 bits per heavy atom. The minimum atomic E-state index is 0.389. The van der Waals surface area contributed by atoms with E-state index in [2.05, 4.69) is 21.5 Å². The van der Waals surface area contributed by atoms with Crippen molar-refractivity contribution in [3.63, 3.8) is 0 Å². The summed E-state index contributed by atoms with van der Waals surface area (Å²) in [7, 11) is 0. The minimum Gasteiger partial charge on any atom is -0.379 e. The molecule has 5 heteroatoms. The van der Waals surface area contributed by atoms with Crippen molar-refractivity contribution < 1.29 is 4.74 Å². The van der Waals surface area contributed by atoms with Gasteiger partial charge in [-0.1, -0.05) is 12.1 Å². The zero-order chi connectivity index (χ0) is 11.5. The summed E-state index contributed by atoms with van der Waals surface area (Å²) in [5, 5.41) is 7.64. The second-order valence-corrected chi connectivity index (χ2v) is 4.06. The SMILES string of the molecule is c1ccc(-n2cncn2)c(NC2CCOC2)c1. The molecule has 0 bridgehead atoms. The number of benzene rings is 1. The van der Waals surface area contributed by atoms with E-state index in [9.17, 15) is 0 Å². The Balaban J connectivity index is 1.88. The Bertz CT molecular complexity index is 477. The molecule has 1 aromatic carbocycles. The van der Waals surface area contributed by atoms with Crippen molar-refractivity contribution in [1.29, 1.82) is 0 Å². The molecule has 0 amide bonds. The van der Waals surface area contributed by atoms with E-state index < -0.39 is 0 Å². The van der Waals surface area contributed by atoms with Gasteiger partial charge in [-0.05, 0) is 18.6 Å². The minimum absolute atomic E-state index is 0.389. The van der Waals surface area contributed by atoms with Crippen molar-refractivity contribution in [3.8, 4) is 5.69 Å². The van der Waals surface area contributed by atoms with Crippen LogP contribution in [0.1, 0.15) is 6.42 Å². The van der Waals surface area contributed by atoms with Gasteiger partial charge >= 0.3 is 0 Å². The normalized spacial score (nSPS) is 19.4. The van der Waals surface area contributed by atoms with Crippen LogP contribution in [0.5, 0.6) is 0 Å². The summed E-state index contributed by atoms with van der Waals surface area (Å²) < 4.78 is 7.12. The molecular formula is C12H14N4O. The number of hydrogen-bond acceptors (Lipinski definition) is 4. The Morgan fingerprint density at radius 3 is 3.06 bits per heavy atom. The maximum absolute atomic E-state index is 5.36. The summed E-state index contributed by atoms with van der Waals surface area (Å²) in [5.41, 5.74) is 2.07. The summed E-state index contributed by atoms with van der Waals surface area (Å²) in [6.07, 6.45) is 4.28. The highest BCUT2D eigenvalue weighted by molar-refractivity contribution is 5.60. The van der Waals surface area contributed by atoms with E-state index in [1.54, 1.807) is 11.0 Å². The van der Waals surface area contributed by atoms with Crippen molar-refractivity contribution in [3.05, 3.63) is 36.9 Å². The first-order chi connectivity index (χ1) is 8.43. The largest absolute Gasteiger partial charge is 0.379 e. The number of hydrogen-bond donors (Lipinski definition) is 1. The molecule has 2 heterocycles. The van der Waals surface area contributed by atoms with Gasteiger partial charge in [-0.2, -0.15) is 5.10 Å². The van der Waals surface area contributed by atoms with Crippen LogP contribution in [-0.4, -0.2) is 34.0 Å². The monoisotopic (exact) mass is 230 g/mol. The summed E-state index contributed by atoms with van der Waals surface area (Å²) in [6.45, 7) is 1.61. The smallest absolute Gasteiger partial charge is 0.138 e. The van der Waals surface area contributed by atoms with E-state index in [0.717, 1.165) is 31.0 Å². The van der Waals surface area contributed by atoms with Crippen LogP contribution in [0.2, 0.25) is 0 Å². The van der Waals surface area contributed by atoms with Crippen LogP contribution in [-0.2, 0) is 4.74 Å². The molecule has 1 unspecified atom stereocenters. The highest BCUT2D eigenvalue weighted by Gasteiger charge is 2.16. The highest BCUT2D eigenvalue weighted by atomic mass is 16.5. The van der Waals surface area contributed by atoms with Crippen LogP contribution >= 0.6 is 0 Å². The predicted molar refractivity (Wildman–Crippen MR) is 64.2 cm³/mol. The molecule has 0 spiro atoms. The molecule has 1 N–H and O–H groups in total. The molecule has 88 valence electrons. The second-order valence-electron chi connectivity index (χ2n) is 4.06. The van der Waals surface area contributed by atoms with Crippen molar-refractivity contribution >= 4 is 5.69 Å². The molecule has 1 atom stereocenters. The highest BCUT2D eigenvalue weighted by Crippen LogP contribution is 2.21. The first-order valence-corrected chi connectivity index (χ1v) is 5.72. The van der Waals surface area contributed by atoms with Gasteiger partial charge in [0.2, 0.25) is 0 Å². The zero-order valence-electron chi connectivity index (χ0n) is 9.41. The summed E-state index contributed by atoms with van der Waals surface area (Å²) in [5.74, 6) is 0. The number of nitrogens with one attached hydrogen (secondary N) is 1. The molecule has 1 aliphatic rings. The molecule has 1 aliphatic heterocycles. The van der Waals surface area contributed by atoms with E-state index in [-0.39, 0.29) is 0 Å². The van der Waals surface area contributed by atoms with E-state index in [4.69, 9.17) is 4.74 Å². The third-order valence-corrected chi connectivity index (χ3v) is 2.86. The first kappa shape index (κ1) is 10.3. The molecule has 1 fully saturated rings. The predicted octanol–water partition coefficient (Wildman–Crippen LogP) is 1.47. The second kappa shape index (κ2) is 4.55. The van der Waals surface area contributed by atoms with E-state index in [1.165, 1.54) is 6.33 Å². The molecule has 1 saturated heterocycles. The number of aromatic nitrogens is 3. The summed E-state index contributed by atoms with van der Waals surface area (Å²) in [4.78, 5) is 3.97. The average Bonchev–Trinajstić information content (AvgIpc) is 3.01. The Kier molecular flexibility index (Phi) is 2.75. The van der Waals surface area contributed by atoms with Crippen molar-refractivity contribution in [1.82, 2.24) is 14.8 Å². The van der Waals surface area contributed by atoms with Crippen molar-refractivity contribution in [2.45, 2.75) is 12.5 Å². The van der Waals surface area contributed by atoms with Crippen LogP contribution in [0.4, 0.5) is 5.69 Å². The maximum atomic E-state index is 5.36. The fourth-order valence-electron chi connectivity index (χ4n) is 2.00. The fraction of sp³-hybridized carbons (Fsp3) is 0.333. The Morgan fingerprint density at radius 2 is 2.29 bits per heavy atom. The fourth-order valence-corrected chi connectivity index (χ4v) is 2.00. The number of ether oxygens (including phenoxy) is 1. The van der Waals surface area contributed by atoms with Crippen LogP contribution in [0.15, 0.2) is 36.9 Å². The maximum Gasteiger partial charge on any atom is 0.138 e. The number of anilines is 1. The number of para-hydroxylation sites is 2. The lowest BCUT2D eigenvalue weighted by Gasteiger charge is -2.15. The molecular weight excluding hydrogens is 216 g/mol. The standard InChI is InChI=1S/C12H14N4O/c1-2-4-12(16-9-13-8-14-16)11(3-1)15-10-5-6-17-7-10/h1-4,8-10,15H,5-7H2.